The van der Waals surface area contributed by atoms with E-state index in [0.717, 1.165) is 27.7 Å². The fourth-order valence-corrected chi connectivity index (χ4v) is 3.88. The quantitative estimate of drug-likeness (QED) is 0.178. The first-order valence-corrected chi connectivity index (χ1v) is 10.6. The molecule has 0 saturated carbocycles. The van der Waals surface area contributed by atoms with Gasteiger partial charge in [0.25, 0.3) is 0 Å². The molecule has 0 bridgehead atoms. The number of aliphatic hydroxyl groups is 4. The molecule has 0 radical (unpaired) electrons. The lowest BCUT2D eigenvalue weighted by Crippen LogP contribution is -2.64. The van der Waals surface area contributed by atoms with Gasteiger partial charge >= 0.3 is 23.9 Å². The molecule has 200 valence electrons. The minimum absolute atomic E-state index is 0.756. The molecule has 0 aliphatic carbocycles. The van der Waals surface area contributed by atoms with E-state index >= 15 is 0 Å². The summed E-state index contributed by atoms with van der Waals surface area (Å²) in [6.07, 6.45) is -12.5. The third-order valence-corrected chi connectivity index (χ3v) is 5.16. The first-order chi connectivity index (χ1) is 16.4. The monoisotopic (exact) mass is 510 g/mol. The minimum atomic E-state index is -2.36. The topological polar surface area (TPSA) is 214 Å². The second kappa shape index (κ2) is 12.0. The van der Waals surface area contributed by atoms with Gasteiger partial charge in [-0.3, -0.25) is 19.2 Å². The second-order valence-electron chi connectivity index (χ2n) is 7.89. The summed E-state index contributed by atoms with van der Waals surface area (Å²) in [6, 6.07) is 0. The normalized spacial score (nSPS) is 36.8. The number of aliphatic hydroxyl groups excluding tert-OH is 4. The molecule has 4 N–H and O–H groups in total. The van der Waals surface area contributed by atoms with Crippen molar-refractivity contribution in [2.45, 2.75) is 82.5 Å². The third-order valence-electron chi connectivity index (χ3n) is 5.16. The number of esters is 4. The van der Waals surface area contributed by atoms with Crippen molar-refractivity contribution in [3.8, 4) is 0 Å². The Morgan fingerprint density at radius 3 is 1.69 bits per heavy atom. The van der Waals surface area contributed by atoms with Crippen LogP contribution in [0.2, 0.25) is 0 Å². The van der Waals surface area contributed by atoms with Gasteiger partial charge in [0.2, 0.25) is 12.1 Å². The van der Waals surface area contributed by atoms with E-state index in [9.17, 15) is 39.6 Å². The molecule has 0 unspecified atom stereocenters. The molecule has 0 aromatic heterocycles. The summed E-state index contributed by atoms with van der Waals surface area (Å²) in [5.74, 6) is -5.84. The lowest BCUT2D eigenvalue weighted by molar-refractivity contribution is -0.384. The van der Waals surface area contributed by atoms with Crippen LogP contribution in [0.4, 0.5) is 0 Å². The summed E-state index contributed by atoms with van der Waals surface area (Å²) in [4.78, 5) is 46.8. The van der Waals surface area contributed by atoms with Crippen LogP contribution in [0.5, 0.6) is 0 Å². The van der Waals surface area contributed by atoms with E-state index in [1.165, 1.54) is 0 Å². The molecule has 2 saturated heterocycles. The van der Waals surface area contributed by atoms with Crippen LogP contribution in [-0.4, -0.2) is 119 Å². The first-order valence-electron chi connectivity index (χ1n) is 10.6. The van der Waals surface area contributed by atoms with Crippen molar-refractivity contribution in [1.29, 1.82) is 0 Å². The van der Waals surface area contributed by atoms with Crippen LogP contribution in [0, 0.1) is 0 Å². The Hall–Kier alpha value is -2.40. The Balaban J connectivity index is 2.52. The molecule has 0 amide bonds. The number of hydrogen-bond acceptors (Lipinski definition) is 15. The van der Waals surface area contributed by atoms with E-state index in [-0.39, 0.29) is 0 Å². The summed E-state index contributed by atoms with van der Waals surface area (Å²) < 4.78 is 37.5. The molecule has 2 rings (SSSR count). The smallest absolute Gasteiger partial charge is 0.303 e. The average Bonchev–Trinajstić information content (AvgIpc) is 3.03. The molecule has 0 spiro atoms. The Bertz CT molecular complexity index is 786. The summed E-state index contributed by atoms with van der Waals surface area (Å²) in [5, 5.41) is 40.1. The van der Waals surface area contributed by atoms with Crippen LogP contribution < -0.4 is 0 Å². The SMILES string of the molecule is CC(=O)O[C@@H]1[C@@H](CO)O[C@@](CO)(O[C@H]2O[C@H](CO)[C@@H](O)[C@H](OC(C)=O)[C@H]2OC(C)=O)[C@H]1OC(C)=O. The van der Waals surface area contributed by atoms with E-state index in [1.54, 1.807) is 0 Å². The molecule has 15 nitrogen and oxygen atoms in total. The van der Waals surface area contributed by atoms with Crippen molar-refractivity contribution >= 4 is 23.9 Å². The van der Waals surface area contributed by atoms with Crippen molar-refractivity contribution in [1.82, 2.24) is 0 Å². The van der Waals surface area contributed by atoms with Gasteiger partial charge in [0, 0.05) is 27.7 Å². The van der Waals surface area contributed by atoms with Crippen molar-refractivity contribution in [2.24, 2.45) is 0 Å². The summed E-state index contributed by atoms with van der Waals surface area (Å²) in [5.41, 5.74) is 0. The molecule has 2 fully saturated rings. The molecule has 2 aliphatic rings. The van der Waals surface area contributed by atoms with E-state index < -0.39 is 98.5 Å². The Labute approximate surface area is 199 Å². The fourth-order valence-electron chi connectivity index (χ4n) is 3.88. The van der Waals surface area contributed by atoms with Crippen molar-refractivity contribution in [3.05, 3.63) is 0 Å². The highest BCUT2D eigenvalue weighted by Gasteiger charge is 2.63. The zero-order valence-corrected chi connectivity index (χ0v) is 19.5. The van der Waals surface area contributed by atoms with Gasteiger partial charge in [-0.15, -0.1) is 0 Å². The molecule has 2 aliphatic heterocycles. The van der Waals surface area contributed by atoms with Gasteiger partial charge in [0.15, 0.2) is 24.4 Å². The maximum absolute atomic E-state index is 11.8. The fraction of sp³-hybridized carbons (Fsp3) is 0.800. The number of carbonyl (C=O) groups is 4. The summed E-state index contributed by atoms with van der Waals surface area (Å²) >= 11 is 0. The van der Waals surface area contributed by atoms with Crippen molar-refractivity contribution in [2.75, 3.05) is 19.8 Å². The van der Waals surface area contributed by atoms with Crippen molar-refractivity contribution in [3.63, 3.8) is 0 Å². The zero-order valence-electron chi connectivity index (χ0n) is 19.5. The second-order valence-corrected chi connectivity index (χ2v) is 7.89. The predicted octanol–water partition coefficient (Wildman–Crippen LogP) is -3.11. The van der Waals surface area contributed by atoms with Gasteiger partial charge in [-0.25, -0.2) is 0 Å². The van der Waals surface area contributed by atoms with Crippen molar-refractivity contribution < 1.29 is 72.8 Å². The van der Waals surface area contributed by atoms with Crippen LogP contribution in [0.25, 0.3) is 0 Å². The molecule has 0 aromatic rings. The highest BCUT2D eigenvalue weighted by molar-refractivity contribution is 5.68. The number of rotatable bonds is 9. The van der Waals surface area contributed by atoms with E-state index in [1.807, 2.05) is 0 Å². The van der Waals surface area contributed by atoms with E-state index in [0.29, 0.717) is 0 Å². The molecule has 15 heteroatoms. The van der Waals surface area contributed by atoms with Crippen LogP contribution >= 0.6 is 0 Å². The van der Waals surface area contributed by atoms with Crippen LogP contribution in [-0.2, 0) is 52.3 Å². The number of hydrogen-bond donors (Lipinski definition) is 4. The van der Waals surface area contributed by atoms with Gasteiger partial charge in [0.1, 0.15) is 24.9 Å². The molecule has 9 atom stereocenters. The number of ether oxygens (including phenoxy) is 7. The van der Waals surface area contributed by atoms with Gasteiger partial charge in [-0.05, 0) is 0 Å². The van der Waals surface area contributed by atoms with Gasteiger partial charge in [-0.1, -0.05) is 0 Å². The standard InChI is InChI=1S/C20H30O15/c1-8(24)29-15-13(6-22)34-20(7-23,18(15)32-11(4)27)35-19-17(31-10(3)26)16(30-9(2)25)14(28)12(5-21)33-19/h12-19,21-23,28H,5-7H2,1-4H3/t12-,13-,14-,15-,16+,17-,18+,19-,20+/m1/s1. The molecule has 0 aromatic carbocycles. The minimum Gasteiger partial charge on any atom is -0.455 e. The average molecular weight is 510 g/mol. The van der Waals surface area contributed by atoms with E-state index in [2.05, 4.69) is 0 Å². The van der Waals surface area contributed by atoms with Crippen LogP contribution in [0.15, 0.2) is 0 Å². The van der Waals surface area contributed by atoms with Crippen LogP contribution in [0.1, 0.15) is 27.7 Å². The predicted molar refractivity (Wildman–Crippen MR) is 107 cm³/mol. The third kappa shape index (κ3) is 6.63. The molecule has 35 heavy (non-hydrogen) atoms. The van der Waals surface area contributed by atoms with Gasteiger partial charge in [0.05, 0.1) is 13.2 Å². The number of carbonyl (C=O) groups excluding carboxylic acids is 4. The van der Waals surface area contributed by atoms with Crippen LogP contribution in [0.3, 0.4) is 0 Å². The summed E-state index contributed by atoms with van der Waals surface area (Å²) in [6.45, 7) is 1.51. The molecule has 2 heterocycles. The zero-order chi connectivity index (χ0) is 26.5. The van der Waals surface area contributed by atoms with E-state index in [4.69, 9.17) is 33.2 Å². The summed E-state index contributed by atoms with van der Waals surface area (Å²) in [7, 11) is 0. The molecular weight excluding hydrogens is 480 g/mol. The lowest BCUT2D eigenvalue weighted by Gasteiger charge is -2.45. The molecular formula is C20H30O15. The highest BCUT2D eigenvalue weighted by atomic mass is 16.8. The Morgan fingerprint density at radius 1 is 0.743 bits per heavy atom. The highest BCUT2D eigenvalue weighted by Crippen LogP contribution is 2.40. The maximum Gasteiger partial charge on any atom is 0.303 e. The first kappa shape index (κ1) is 28.8. The van der Waals surface area contributed by atoms with Gasteiger partial charge < -0.3 is 53.6 Å². The maximum atomic E-state index is 11.8. The Morgan fingerprint density at radius 2 is 1.23 bits per heavy atom. The largest absolute Gasteiger partial charge is 0.455 e. The lowest BCUT2D eigenvalue weighted by atomic mass is 9.98. The Kier molecular flexibility index (Phi) is 9.91. The van der Waals surface area contributed by atoms with Gasteiger partial charge in [-0.2, -0.15) is 0 Å².